The molecular formula is C17H14ClN3O2S. The zero-order chi connectivity index (χ0) is 16.9. The van der Waals surface area contributed by atoms with Crippen molar-refractivity contribution in [2.45, 2.75) is 17.4 Å². The predicted octanol–water partition coefficient (Wildman–Crippen LogP) is 4.51. The molecule has 0 saturated carbocycles. The summed E-state index contributed by atoms with van der Waals surface area (Å²) >= 11 is 7.24. The number of anilines is 1. The van der Waals surface area contributed by atoms with Crippen molar-refractivity contribution in [2.75, 3.05) is 5.32 Å². The van der Waals surface area contributed by atoms with E-state index in [0.717, 1.165) is 5.56 Å². The number of benzene rings is 2. The highest BCUT2D eigenvalue weighted by molar-refractivity contribution is 8.00. The summed E-state index contributed by atoms with van der Waals surface area (Å²) in [5.41, 5.74) is 1.41. The van der Waals surface area contributed by atoms with E-state index < -0.39 is 5.25 Å². The summed E-state index contributed by atoms with van der Waals surface area (Å²) in [4.78, 5) is 12.3. The molecule has 5 nitrogen and oxygen atoms in total. The molecule has 2 aromatic carbocycles. The molecule has 0 spiro atoms. The van der Waals surface area contributed by atoms with Gasteiger partial charge in [-0.3, -0.25) is 4.79 Å². The highest BCUT2D eigenvalue weighted by Crippen LogP contribution is 2.27. The number of thioether (sulfide) groups is 1. The number of rotatable bonds is 5. The van der Waals surface area contributed by atoms with Gasteiger partial charge in [0, 0.05) is 5.56 Å². The number of amides is 1. The van der Waals surface area contributed by atoms with Gasteiger partial charge in [-0.05, 0) is 31.2 Å². The van der Waals surface area contributed by atoms with Crippen LogP contribution in [0.25, 0.3) is 11.5 Å². The Morgan fingerprint density at radius 1 is 1.12 bits per heavy atom. The number of hydrogen-bond acceptors (Lipinski definition) is 5. The van der Waals surface area contributed by atoms with Crippen LogP contribution in [0, 0.1) is 0 Å². The van der Waals surface area contributed by atoms with E-state index in [9.17, 15) is 4.79 Å². The highest BCUT2D eigenvalue weighted by Gasteiger charge is 2.19. The smallest absolute Gasteiger partial charge is 0.277 e. The Morgan fingerprint density at radius 3 is 2.58 bits per heavy atom. The summed E-state index contributed by atoms with van der Waals surface area (Å²) in [5.74, 6) is 0.240. The van der Waals surface area contributed by atoms with Crippen molar-refractivity contribution in [3.63, 3.8) is 0 Å². The second kappa shape index (κ2) is 7.51. The van der Waals surface area contributed by atoms with Crippen LogP contribution in [0.3, 0.4) is 0 Å². The van der Waals surface area contributed by atoms with Gasteiger partial charge in [-0.1, -0.05) is 53.7 Å². The largest absolute Gasteiger partial charge is 0.411 e. The molecule has 1 heterocycles. The number of aromatic nitrogens is 2. The lowest BCUT2D eigenvalue weighted by molar-refractivity contribution is -0.115. The van der Waals surface area contributed by atoms with E-state index in [4.69, 9.17) is 16.0 Å². The van der Waals surface area contributed by atoms with Crippen molar-refractivity contribution in [2.24, 2.45) is 0 Å². The van der Waals surface area contributed by atoms with E-state index in [2.05, 4.69) is 15.5 Å². The van der Waals surface area contributed by atoms with E-state index >= 15 is 0 Å². The van der Waals surface area contributed by atoms with Crippen molar-refractivity contribution in [3.8, 4) is 11.5 Å². The molecule has 1 amide bonds. The van der Waals surface area contributed by atoms with Crippen LogP contribution in [0.1, 0.15) is 6.92 Å². The lowest BCUT2D eigenvalue weighted by Crippen LogP contribution is -2.22. The number of hydrogen-bond donors (Lipinski definition) is 1. The Morgan fingerprint density at radius 2 is 1.83 bits per heavy atom. The number of nitrogens with one attached hydrogen (secondary N) is 1. The molecule has 7 heteroatoms. The maximum Gasteiger partial charge on any atom is 0.277 e. The van der Waals surface area contributed by atoms with E-state index in [-0.39, 0.29) is 5.91 Å². The lowest BCUT2D eigenvalue weighted by Gasteiger charge is -2.10. The standard InChI is InChI=1S/C17H14ClN3O2S/c1-11(15(22)19-14-10-6-5-9-13(14)18)24-17-21-20-16(23-17)12-7-3-2-4-8-12/h2-11H,1H3,(H,19,22)/t11-/m0/s1. The van der Waals surface area contributed by atoms with Crippen molar-refractivity contribution in [1.29, 1.82) is 0 Å². The number of carbonyl (C=O) groups is 1. The third kappa shape index (κ3) is 3.96. The normalized spacial score (nSPS) is 11.9. The third-order valence-electron chi connectivity index (χ3n) is 3.21. The summed E-state index contributed by atoms with van der Waals surface area (Å²) in [6, 6.07) is 16.6. The second-order valence-corrected chi connectivity index (χ2v) is 6.67. The summed E-state index contributed by atoms with van der Waals surface area (Å²) in [7, 11) is 0. The molecule has 122 valence electrons. The molecule has 0 aliphatic rings. The zero-order valence-corrected chi connectivity index (χ0v) is 14.3. The Hall–Kier alpha value is -2.31. The van der Waals surface area contributed by atoms with Crippen LogP contribution in [0.2, 0.25) is 5.02 Å². The number of carbonyl (C=O) groups excluding carboxylic acids is 1. The summed E-state index contributed by atoms with van der Waals surface area (Å²) in [6.07, 6.45) is 0. The molecule has 0 saturated heterocycles. The van der Waals surface area contributed by atoms with Crippen LogP contribution in [0.15, 0.2) is 64.2 Å². The van der Waals surface area contributed by atoms with Crippen LogP contribution in [-0.4, -0.2) is 21.4 Å². The lowest BCUT2D eigenvalue weighted by atomic mass is 10.2. The average Bonchev–Trinajstić information content (AvgIpc) is 3.06. The first-order valence-corrected chi connectivity index (χ1v) is 8.50. The van der Waals surface area contributed by atoms with Crippen LogP contribution < -0.4 is 5.32 Å². The van der Waals surface area contributed by atoms with Gasteiger partial charge in [0.2, 0.25) is 11.8 Å². The Bertz CT molecular complexity index is 839. The van der Waals surface area contributed by atoms with Gasteiger partial charge in [0.1, 0.15) is 0 Å². The van der Waals surface area contributed by atoms with Crippen LogP contribution in [0.4, 0.5) is 5.69 Å². The minimum Gasteiger partial charge on any atom is -0.411 e. The first kappa shape index (κ1) is 16.5. The molecule has 0 aliphatic heterocycles. The maximum atomic E-state index is 12.3. The molecule has 0 radical (unpaired) electrons. The van der Waals surface area contributed by atoms with Gasteiger partial charge in [-0.15, -0.1) is 10.2 Å². The van der Waals surface area contributed by atoms with Gasteiger partial charge in [0.25, 0.3) is 5.22 Å². The summed E-state index contributed by atoms with van der Waals surface area (Å²) in [6.45, 7) is 1.77. The Labute approximate surface area is 148 Å². The average molecular weight is 360 g/mol. The van der Waals surface area contributed by atoms with E-state index in [1.807, 2.05) is 36.4 Å². The van der Waals surface area contributed by atoms with Gasteiger partial charge in [-0.25, -0.2) is 0 Å². The van der Waals surface area contributed by atoms with Gasteiger partial charge in [0.15, 0.2) is 0 Å². The molecule has 1 atom stereocenters. The fourth-order valence-electron chi connectivity index (χ4n) is 1.96. The first-order chi connectivity index (χ1) is 11.6. The Kier molecular flexibility index (Phi) is 5.17. The monoisotopic (exact) mass is 359 g/mol. The molecule has 1 aromatic heterocycles. The fourth-order valence-corrected chi connectivity index (χ4v) is 2.82. The van der Waals surface area contributed by atoms with Crippen molar-refractivity contribution < 1.29 is 9.21 Å². The third-order valence-corrected chi connectivity index (χ3v) is 4.47. The second-order valence-electron chi connectivity index (χ2n) is 4.97. The van der Waals surface area contributed by atoms with Crippen LogP contribution in [-0.2, 0) is 4.79 Å². The summed E-state index contributed by atoms with van der Waals surface area (Å²) in [5, 5.41) is 11.2. The molecule has 0 fully saturated rings. The molecule has 3 rings (SSSR count). The molecule has 0 aliphatic carbocycles. The number of para-hydroxylation sites is 1. The molecular weight excluding hydrogens is 346 g/mol. The van der Waals surface area contributed by atoms with Gasteiger partial charge in [0.05, 0.1) is 16.0 Å². The highest BCUT2D eigenvalue weighted by atomic mass is 35.5. The molecule has 0 bridgehead atoms. The SMILES string of the molecule is C[C@H](Sc1nnc(-c2ccccc2)o1)C(=O)Nc1ccccc1Cl. The van der Waals surface area contributed by atoms with E-state index in [1.54, 1.807) is 25.1 Å². The maximum absolute atomic E-state index is 12.3. The Balaban J connectivity index is 1.65. The minimum absolute atomic E-state index is 0.187. The quantitative estimate of drug-likeness (QED) is 0.679. The van der Waals surface area contributed by atoms with Crippen LogP contribution >= 0.6 is 23.4 Å². The molecule has 1 N–H and O–H groups in total. The predicted molar refractivity (Wildman–Crippen MR) is 95.1 cm³/mol. The minimum atomic E-state index is -0.412. The van der Waals surface area contributed by atoms with Crippen LogP contribution in [0.5, 0.6) is 0 Å². The fraction of sp³-hybridized carbons (Fsp3) is 0.118. The van der Waals surface area contributed by atoms with Gasteiger partial charge in [-0.2, -0.15) is 0 Å². The zero-order valence-electron chi connectivity index (χ0n) is 12.8. The molecule has 3 aromatic rings. The van der Waals surface area contributed by atoms with E-state index in [0.29, 0.717) is 21.8 Å². The van der Waals surface area contributed by atoms with Crippen molar-refractivity contribution in [1.82, 2.24) is 10.2 Å². The summed E-state index contributed by atoms with van der Waals surface area (Å²) < 4.78 is 5.60. The number of halogens is 1. The molecule has 24 heavy (non-hydrogen) atoms. The van der Waals surface area contributed by atoms with Gasteiger partial charge >= 0.3 is 0 Å². The van der Waals surface area contributed by atoms with Gasteiger partial charge < -0.3 is 9.73 Å². The number of nitrogens with zero attached hydrogens (tertiary/aromatic N) is 2. The topological polar surface area (TPSA) is 68.0 Å². The first-order valence-electron chi connectivity index (χ1n) is 7.24. The van der Waals surface area contributed by atoms with Crippen molar-refractivity contribution >= 4 is 35.0 Å². The van der Waals surface area contributed by atoms with E-state index in [1.165, 1.54) is 11.8 Å². The van der Waals surface area contributed by atoms with Crippen molar-refractivity contribution in [3.05, 3.63) is 59.6 Å². The molecule has 0 unspecified atom stereocenters.